The van der Waals surface area contributed by atoms with Crippen molar-refractivity contribution in [1.82, 2.24) is 0 Å². The van der Waals surface area contributed by atoms with E-state index in [-0.39, 0.29) is 12.6 Å². The van der Waals surface area contributed by atoms with E-state index in [9.17, 15) is 5.11 Å². The van der Waals surface area contributed by atoms with Crippen LogP contribution < -0.4 is 0 Å². The largest absolute Gasteiger partial charge is 0.390 e. The molecule has 0 aromatic heterocycles. The second-order valence-corrected chi connectivity index (χ2v) is 3.61. The normalized spacial score (nSPS) is 18.6. The summed E-state index contributed by atoms with van der Waals surface area (Å²) < 4.78 is 0.591. The van der Waals surface area contributed by atoms with E-state index in [1.165, 1.54) is 0 Å². The summed E-state index contributed by atoms with van der Waals surface area (Å²) in [5.41, 5.74) is 0. The van der Waals surface area contributed by atoms with Crippen molar-refractivity contribution in [3.63, 3.8) is 0 Å². The molecule has 0 saturated carbocycles. The van der Waals surface area contributed by atoms with Gasteiger partial charge < -0.3 is 14.7 Å². The molecule has 3 heteroatoms. The maximum absolute atomic E-state index is 9.17. The van der Waals surface area contributed by atoms with E-state index in [0.29, 0.717) is 4.48 Å². The molecule has 0 radical (unpaired) electrons. The highest BCUT2D eigenvalue weighted by Crippen LogP contribution is 2.06. The number of rotatable bonds is 3. The van der Waals surface area contributed by atoms with Crippen LogP contribution in [-0.2, 0) is 0 Å². The summed E-state index contributed by atoms with van der Waals surface area (Å²) in [6.07, 6.45) is -0.454. The van der Waals surface area contributed by atoms with Gasteiger partial charge in [0.1, 0.15) is 12.1 Å². The molecule has 2 unspecified atom stereocenters. The first-order valence-electron chi connectivity index (χ1n) is 3.49. The summed E-state index contributed by atoms with van der Waals surface area (Å²) in [6, 6.07) is -0.0833. The van der Waals surface area contributed by atoms with Gasteiger partial charge in [-0.15, -0.1) is 0 Å². The Kier molecular flexibility index (Phi) is 3.28. The average Bonchev–Trinajstić information content (AvgIpc) is 1.60. The van der Waals surface area contributed by atoms with E-state index < -0.39 is 6.10 Å². The van der Waals surface area contributed by atoms with Gasteiger partial charge in [0.2, 0.25) is 0 Å². The van der Waals surface area contributed by atoms with Gasteiger partial charge in [-0.3, -0.25) is 0 Å². The lowest BCUT2D eigenvalue weighted by molar-refractivity contribution is -0.900. The molecule has 0 bridgehead atoms. The van der Waals surface area contributed by atoms with Crippen molar-refractivity contribution in [1.29, 1.82) is 0 Å². The van der Waals surface area contributed by atoms with Crippen LogP contribution in [0.4, 0.5) is 0 Å². The number of likely N-dealkylation sites (N-methyl/N-ethyl adjacent to an activating group) is 1. The summed E-state index contributed by atoms with van der Waals surface area (Å²) in [4.78, 5) is 0. The molecule has 0 spiro atoms. The van der Waals surface area contributed by atoms with Crippen molar-refractivity contribution < 1.29 is 14.7 Å². The van der Waals surface area contributed by atoms with Crippen LogP contribution in [0.1, 0.15) is 6.92 Å². The van der Waals surface area contributed by atoms with Gasteiger partial charge in [-0.05, 0) is 6.92 Å². The molecule has 0 rings (SSSR count). The fourth-order valence-electron chi connectivity index (χ4n) is 1.04. The Morgan fingerprint density at radius 3 is 1.70 bits per heavy atom. The molecule has 0 heterocycles. The summed E-state index contributed by atoms with van der Waals surface area (Å²) in [7, 11) is 5.86. The second kappa shape index (κ2) is 3.32. The van der Waals surface area contributed by atoms with E-state index in [1.54, 1.807) is 6.92 Å². The molecule has 0 aliphatic carbocycles. The van der Waals surface area contributed by atoms with E-state index in [4.69, 9.17) is 5.11 Å². The first kappa shape index (κ1) is 9.88. The standard InChI is InChI=1S/C7H18NO2/c1-6(10)7(5-9)8(2,3)4/h6-7,9-10H,5H2,1-4H3/q+1. The Hall–Kier alpha value is -0.120. The third-order valence-corrected chi connectivity index (χ3v) is 1.74. The van der Waals surface area contributed by atoms with Crippen LogP contribution in [0.2, 0.25) is 0 Å². The van der Waals surface area contributed by atoms with Crippen molar-refractivity contribution in [3.8, 4) is 0 Å². The maximum Gasteiger partial charge on any atom is 0.138 e. The summed E-state index contributed by atoms with van der Waals surface area (Å²) in [5.74, 6) is 0. The molecule has 10 heavy (non-hydrogen) atoms. The molecule has 3 nitrogen and oxygen atoms in total. The van der Waals surface area contributed by atoms with Crippen molar-refractivity contribution in [2.75, 3.05) is 27.7 Å². The van der Waals surface area contributed by atoms with E-state index >= 15 is 0 Å². The number of quaternary nitrogens is 1. The lowest BCUT2D eigenvalue weighted by Gasteiger charge is -2.34. The quantitative estimate of drug-likeness (QED) is 0.526. The van der Waals surface area contributed by atoms with Gasteiger partial charge in [-0.2, -0.15) is 0 Å². The van der Waals surface area contributed by atoms with Crippen LogP contribution in [0.3, 0.4) is 0 Å². The molecule has 2 atom stereocenters. The fraction of sp³-hybridized carbons (Fsp3) is 1.00. The molecule has 62 valence electrons. The summed E-state index contributed by atoms with van der Waals surface area (Å²) in [5, 5.41) is 18.0. The first-order chi connectivity index (χ1) is 4.39. The highest BCUT2D eigenvalue weighted by molar-refractivity contribution is 4.61. The topological polar surface area (TPSA) is 40.5 Å². The number of aliphatic hydroxyl groups is 2. The Balaban J connectivity index is 4.07. The maximum atomic E-state index is 9.17. The second-order valence-electron chi connectivity index (χ2n) is 3.61. The Labute approximate surface area is 62.5 Å². The molecular weight excluding hydrogens is 130 g/mol. The van der Waals surface area contributed by atoms with E-state index in [2.05, 4.69) is 0 Å². The van der Waals surface area contributed by atoms with Crippen molar-refractivity contribution in [3.05, 3.63) is 0 Å². The molecular formula is C7H18NO2+. The zero-order chi connectivity index (χ0) is 8.36. The van der Waals surface area contributed by atoms with Crippen molar-refractivity contribution in [2.45, 2.75) is 19.1 Å². The minimum absolute atomic E-state index is 0.0289. The van der Waals surface area contributed by atoms with Gasteiger partial charge in [-0.25, -0.2) is 0 Å². The fourth-order valence-corrected chi connectivity index (χ4v) is 1.04. The molecule has 0 aromatic carbocycles. The van der Waals surface area contributed by atoms with Crippen LogP contribution in [0, 0.1) is 0 Å². The smallest absolute Gasteiger partial charge is 0.138 e. The highest BCUT2D eigenvalue weighted by atomic mass is 16.3. The number of nitrogens with zero attached hydrogens (tertiary/aromatic N) is 1. The lowest BCUT2D eigenvalue weighted by Crippen LogP contribution is -2.52. The number of hydrogen-bond acceptors (Lipinski definition) is 2. The third kappa shape index (κ3) is 2.64. The minimum Gasteiger partial charge on any atom is -0.390 e. The number of aliphatic hydroxyl groups excluding tert-OH is 2. The van der Waals surface area contributed by atoms with Crippen LogP contribution in [0.15, 0.2) is 0 Å². The molecule has 2 N–H and O–H groups in total. The van der Waals surface area contributed by atoms with Gasteiger partial charge >= 0.3 is 0 Å². The zero-order valence-electron chi connectivity index (χ0n) is 7.20. The van der Waals surface area contributed by atoms with Crippen LogP contribution in [-0.4, -0.2) is 54.6 Å². The van der Waals surface area contributed by atoms with Crippen LogP contribution in [0.25, 0.3) is 0 Å². The van der Waals surface area contributed by atoms with E-state index in [1.807, 2.05) is 21.1 Å². The minimum atomic E-state index is -0.454. The monoisotopic (exact) mass is 148 g/mol. The summed E-state index contributed by atoms with van der Waals surface area (Å²) in [6.45, 7) is 1.73. The third-order valence-electron chi connectivity index (χ3n) is 1.74. The van der Waals surface area contributed by atoms with Crippen molar-refractivity contribution in [2.24, 2.45) is 0 Å². The lowest BCUT2D eigenvalue weighted by atomic mass is 10.1. The average molecular weight is 148 g/mol. The van der Waals surface area contributed by atoms with Gasteiger partial charge in [-0.1, -0.05) is 0 Å². The molecule has 0 amide bonds. The van der Waals surface area contributed by atoms with Gasteiger partial charge in [0, 0.05) is 0 Å². The number of hydrogen-bond donors (Lipinski definition) is 2. The molecule has 0 aromatic rings. The van der Waals surface area contributed by atoms with Gasteiger partial charge in [0.05, 0.1) is 27.7 Å². The first-order valence-corrected chi connectivity index (χ1v) is 3.49. The summed E-state index contributed by atoms with van der Waals surface area (Å²) >= 11 is 0. The highest BCUT2D eigenvalue weighted by Gasteiger charge is 2.27. The Morgan fingerprint density at radius 1 is 1.30 bits per heavy atom. The molecule has 0 aliphatic heterocycles. The van der Waals surface area contributed by atoms with Gasteiger partial charge in [0.25, 0.3) is 0 Å². The van der Waals surface area contributed by atoms with Crippen molar-refractivity contribution >= 4 is 0 Å². The predicted molar refractivity (Wildman–Crippen MR) is 40.6 cm³/mol. The SMILES string of the molecule is CC(O)C(CO)[N+](C)(C)C. The molecule has 0 fully saturated rings. The molecule has 0 saturated heterocycles. The van der Waals surface area contributed by atoms with Gasteiger partial charge in [0.15, 0.2) is 0 Å². The van der Waals surface area contributed by atoms with Crippen LogP contribution >= 0.6 is 0 Å². The van der Waals surface area contributed by atoms with E-state index in [0.717, 1.165) is 0 Å². The molecule has 0 aliphatic rings. The Bertz CT molecular complexity index is 96.3. The van der Waals surface area contributed by atoms with Crippen LogP contribution in [0.5, 0.6) is 0 Å². The zero-order valence-corrected chi connectivity index (χ0v) is 7.20. The predicted octanol–water partition coefficient (Wildman–Crippen LogP) is -0.566. The Morgan fingerprint density at radius 2 is 1.70 bits per heavy atom.